The molecule has 1 heterocycles. The average molecular weight is 549 g/mol. The van der Waals surface area contributed by atoms with E-state index < -0.39 is 16.0 Å². The van der Waals surface area contributed by atoms with Crippen LogP contribution in [0, 0.1) is 0 Å². The van der Waals surface area contributed by atoms with Gasteiger partial charge in [0.1, 0.15) is 0 Å². The molecule has 0 saturated heterocycles. The fourth-order valence-corrected chi connectivity index (χ4v) is 6.64. The van der Waals surface area contributed by atoms with Crippen molar-refractivity contribution in [3.8, 4) is 0 Å². The van der Waals surface area contributed by atoms with E-state index in [9.17, 15) is 13.2 Å². The SMILES string of the molecule is COC(=O)c1ccc(S(=O)(=O)N(Cc2ccc(Cl)cc2)c2cc(C3CCCCC3)nc3ccccc23)cc1. The van der Waals surface area contributed by atoms with Gasteiger partial charge >= 0.3 is 5.97 Å². The second-order valence-electron chi connectivity index (χ2n) is 9.57. The van der Waals surface area contributed by atoms with Gasteiger partial charge in [0.15, 0.2) is 0 Å². The molecule has 4 aromatic rings. The predicted octanol–water partition coefficient (Wildman–Crippen LogP) is 7.12. The van der Waals surface area contributed by atoms with Crippen LogP contribution in [0.5, 0.6) is 0 Å². The number of rotatable bonds is 7. The Morgan fingerprint density at radius 2 is 1.66 bits per heavy atom. The summed E-state index contributed by atoms with van der Waals surface area (Å²) in [7, 11) is -2.74. The number of benzene rings is 3. The van der Waals surface area contributed by atoms with Gasteiger partial charge in [0.05, 0.1) is 35.3 Å². The van der Waals surface area contributed by atoms with Gasteiger partial charge < -0.3 is 4.74 Å². The van der Waals surface area contributed by atoms with Crippen LogP contribution in [-0.2, 0) is 21.3 Å². The van der Waals surface area contributed by atoms with Crippen molar-refractivity contribution in [1.82, 2.24) is 4.98 Å². The zero-order valence-corrected chi connectivity index (χ0v) is 22.7. The van der Waals surface area contributed by atoms with Crippen molar-refractivity contribution >= 4 is 44.2 Å². The highest BCUT2D eigenvalue weighted by molar-refractivity contribution is 7.92. The van der Waals surface area contributed by atoms with Gasteiger partial charge in [-0.3, -0.25) is 9.29 Å². The highest BCUT2D eigenvalue weighted by Gasteiger charge is 2.29. The van der Waals surface area contributed by atoms with Gasteiger partial charge in [-0.15, -0.1) is 0 Å². The Kier molecular flexibility index (Phi) is 7.68. The summed E-state index contributed by atoms with van der Waals surface area (Å²) < 4.78 is 34.7. The van der Waals surface area contributed by atoms with Crippen LogP contribution in [0.4, 0.5) is 5.69 Å². The molecule has 1 aliphatic carbocycles. The maximum Gasteiger partial charge on any atom is 0.337 e. The van der Waals surface area contributed by atoms with Crippen LogP contribution in [0.1, 0.15) is 59.6 Å². The summed E-state index contributed by atoms with van der Waals surface area (Å²) in [6.45, 7) is 0.108. The maximum atomic E-state index is 14.2. The Morgan fingerprint density at radius 1 is 0.974 bits per heavy atom. The number of anilines is 1. The molecular formula is C30H29ClN2O4S. The first-order valence-corrected chi connectivity index (χ1v) is 14.5. The molecule has 8 heteroatoms. The van der Waals surface area contributed by atoms with E-state index in [1.807, 2.05) is 42.5 Å². The van der Waals surface area contributed by atoms with E-state index in [0.717, 1.165) is 47.8 Å². The van der Waals surface area contributed by atoms with E-state index in [4.69, 9.17) is 21.3 Å². The first-order valence-electron chi connectivity index (χ1n) is 12.7. The van der Waals surface area contributed by atoms with Crippen LogP contribution in [-0.4, -0.2) is 26.5 Å². The van der Waals surface area contributed by atoms with Crippen LogP contribution in [0.2, 0.25) is 5.02 Å². The van der Waals surface area contributed by atoms with Gasteiger partial charge in [-0.25, -0.2) is 13.2 Å². The fourth-order valence-electron chi connectivity index (χ4n) is 5.05. The van der Waals surface area contributed by atoms with Crippen molar-refractivity contribution in [3.05, 3.63) is 101 Å². The monoisotopic (exact) mass is 548 g/mol. The third kappa shape index (κ3) is 5.40. The summed E-state index contributed by atoms with van der Waals surface area (Å²) in [4.78, 5) is 17.0. The number of nitrogens with zero attached hydrogens (tertiary/aromatic N) is 2. The average Bonchev–Trinajstić information content (AvgIpc) is 2.96. The van der Waals surface area contributed by atoms with Gasteiger partial charge in [-0.05, 0) is 66.9 Å². The number of hydrogen-bond acceptors (Lipinski definition) is 5. The second-order valence-corrected chi connectivity index (χ2v) is 11.9. The van der Waals surface area contributed by atoms with Gasteiger partial charge in [-0.2, -0.15) is 0 Å². The zero-order valence-electron chi connectivity index (χ0n) is 21.1. The Bertz CT molecular complexity index is 1550. The fraction of sp³-hybridized carbons (Fsp3) is 0.267. The summed E-state index contributed by atoms with van der Waals surface area (Å²) in [5.41, 5.74) is 3.36. The minimum Gasteiger partial charge on any atom is -0.465 e. The van der Waals surface area contributed by atoms with Crippen molar-refractivity contribution < 1.29 is 17.9 Å². The molecule has 0 aliphatic heterocycles. The van der Waals surface area contributed by atoms with Crippen LogP contribution in [0.25, 0.3) is 10.9 Å². The minimum atomic E-state index is -4.03. The molecule has 0 atom stereocenters. The topological polar surface area (TPSA) is 76.6 Å². The molecule has 196 valence electrons. The van der Waals surface area contributed by atoms with Crippen LogP contribution in [0.3, 0.4) is 0 Å². The summed E-state index contributed by atoms with van der Waals surface area (Å²) in [5.74, 6) is -0.226. The second kappa shape index (κ2) is 11.1. The first kappa shape index (κ1) is 26.2. The lowest BCUT2D eigenvalue weighted by Crippen LogP contribution is -2.31. The number of fused-ring (bicyclic) bond motifs is 1. The molecule has 5 rings (SSSR count). The van der Waals surface area contributed by atoms with Crippen molar-refractivity contribution in [1.29, 1.82) is 0 Å². The highest BCUT2D eigenvalue weighted by atomic mass is 35.5. The number of sulfonamides is 1. The van der Waals surface area contributed by atoms with Crippen LogP contribution < -0.4 is 4.31 Å². The van der Waals surface area contributed by atoms with Crippen molar-refractivity contribution in [2.24, 2.45) is 0 Å². The predicted molar refractivity (Wildman–Crippen MR) is 150 cm³/mol. The van der Waals surface area contributed by atoms with Crippen molar-refractivity contribution in [2.45, 2.75) is 49.5 Å². The largest absolute Gasteiger partial charge is 0.465 e. The lowest BCUT2D eigenvalue weighted by Gasteiger charge is -2.28. The number of aromatic nitrogens is 1. The summed E-state index contributed by atoms with van der Waals surface area (Å²) in [6, 6.07) is 22.6. The number of methoxy groups -OCH3 is 1. The summed E-state index contributed by atoms with van der Waals surface area (Å²) in [5, 5.41) is 1.34. The Balaban J connectivity index is 1.67. The lowest BCUT2D eigenvalue weighted by molar-refractivity contribution is 0.0600. The van der Waals surface area contributed by atoms with Crippen molar-refractivity contribution in [3.63, 3.8) is 0 Å². The highest BCUT2D eigenvalue weighted by Crippen LogP contribution is 2.38. The quantitative estimate of drug-likeness (QED) is 0.230. The minimum absolute atomic E-state index is 0.0826. The molecule has 1 aliphatic rings. The summed E-state index contributed by atoms with van der Waals surface area (Å²) in [6.07, 6.45) is 5.60. The molecule has 0 bridgehead atoms. The molecular weight excluding hydrogens is 520 g/mol. The number of esters is 1. The molecule has 0 amide bonds. The van der Waals surface area contributed by atoms with E-state index >= 15 is 0 Å². The normalized spacial score (nSPS) is 14.4. The zero-order chi connectivity index (χ0) is 26.7. The van der Waals surface area contributed by atoms with Gasteiger partial charge in [-0.1, -0.05) is 61.2 Å². The molecule has 0 unspecified atom stereocenters. The summed E-state index contributed by atoms with van der Waals surface area (Å²) >= 11 is 6.11. The van der Waals surface area contributed by atoms with Gasteiger partial charge in [0.25, 0.3) is 10.0 Å². The Morgan fingerprint density at radius 3 is 2.34 bits per heavy atom. The van der Waals surface area contributed by atoms with E-state index in [1.54, 1.807) is 12.1 Å². The van der Waals surface area contributed by atoms with E-state index in [1.165, 1.54) is 42.1 Å². The molecule has 38 heavy (non-hydrogen) atoms. The lowest BCUT2D eigenvalue weighted by atomic mass is 9.86. The van der Waals surface area contributed by atoms with Crippen molar-refractivity contribution in [2.75, 3.05) is 11.4 Å². The van der Waals surface area contributed by atoms with E-state index in [2.05, 4.69) is 0 Å². The molecule has 0 N–H and O–H groups in total. The van der Waals surface area contributed by atoms with E-state index in [0.29, 0.717) is 16.6 Å². The molecule has 1 aromatic heterocycles. The number of pyridine rings is 1. The number of carbonyl (C=O) groups is 1. The standard InChI is InChI=1S/C30H29ClN2O4S/c1-37-30(34)23-13-17-25(18-14-23)38(35,36)33(20-21-11-15-24(31)16-12-21)29-19-28(22-7-3-2-4-8-22)32-27-10-6-5-9-26(27)29/h5-6,9-19,22H,2-4,7-8,20H2,1H3. The van der Waals surface area contributed by atoms with Gasteiger partial charge in [0.2, 0.25) is 0 Å². The third-order valence-corrected chi connectivity index (χ3v) is 9.14. The molecule has 1 fully saturated rings. The third-order valence-electron chi connectivity index (χ3n) is 7.11. The molecule has 3 aromatic carbocycles. The number of para-hydroxylation sites is 1. The Labute approximate surface area is 228 Å². The number of carbonyl (C=O) groups excluding carboxylic acids is 1. The van der Waals surface area contributed by atoms with Gasteiger partial charge in [0, 0.05) is 22.0 Å². The van der Waals surface area contributed by atoms with E-state index in [-0.39, 0.29) is 17.0 Å². The number of ether oxygens (including phenoxy) is 1. The molecule has 6 nitrogen and oxygen atoms in total. The number of halogens is 1. The van der Waals surface area contributed by atoms with Crippen LogP contribution >= 0.6 is 11.6 Å². The molecule has 0 radical (unpaired) electrons. The smallest absolute Gasteiger partial charge is 0.337 e. The van der Waals surface area contributed by atoms with Crippen LogP contribution in [0.15, 0.2) is 83.8 Å². The number of hydrogen-bond donors (Lipinski definition) is 0. The first-order chi connectivity index (χ1) is 18.4. The Hall–Kier alpha value is -3.42. The molecule has 0 spiro atoms. The molecule has 1 saturated carbocycles. The maximum absolute atomic E-state index is 14.2.